The highest BCUT2D eigenvalue weighted by Crippen LogP contribution is 2.35. The third-order valence-corrected chi connectivity index (χ3v) is 5.03. The zero-order valence-corrected chi connectivity index (χ0v) is 13.9. The van der Waals surface area contributed by atoms with Crippen molar-refractivity contribution in [2.75, 3.05) is 24.2 Å². The number of alkyl halides is 3. The number of nitrogens with zero attached hydrogens (tertiary/aromatic N) is 2. The van der Waals surface area contributed by atoms with Gasteiger partial charge in [0, 0.05) is 25.0 Å². The Morgan fingerprint density at radius 1 is 1.25 bits per heavy atom. The third kappa shape index (κ3) is 4.51. The first-order valence-electron chi connectivity index (χ1n) is 7.35. The Hall–Kier alpha value is -2.01. The van der Waals surface area contributed by atoms with Gasteiger partial charge in [0.1, 0.15) is 11.0 Å². The highest BCUT2D eigenvalue weighted by molar-refractivity contribution is 7.95. The van der Waals surface area contributed by atoms with E-state index >= 15 is 0 Å². The molecule has 0 spiro atoms. The molecule has 0 amide bonds. The van der Waals surface area contributed by atoms with Crippen LogP contribution in [0, 0.1) is 17.2 Å². The van der Waals surface area contributed by atoms with Gasteiger partial charge in [-0.1, -0.05) is 12.1 Å². The number of rotatable bonds is 3. The second-order valence-corrected chi connectivity index (χ2v) is 7.77. The summed E-state index contributed by atoms with van der Waals surface area (Å²) in [6.45, 7) is 0.651. The Labute approximate surface area is 139 Å². The summed E-state index contributed by atoms with van der Waals surface area (Å²) >= 11 is 0. The lowest BCUT2D eigenvalue weighted by atomic mass is 9.96. The van der Waals surface area contributed by atoms with Gasteiger partial charge in [-0.15, -0.1) is 0 Å². The molecule has 1 fully saturated rings. The summed E-state index contributed by atoms with van der Waals surface area (Å²) in [6.07, 6.45) is -1.77. The zero-order chi connectivity index (χ0) is 18.0. The van der Waals surface area contributed by atoms with Crippen LogP contribution < -0.4 is 4.90 Å². The number of halogens is 3. The Bertz CT molecular complexity index is 754. The van der Waals surface area contributed by atoms with Gasteiger partial charge in [0.05, 0.1) is 5.92 Å². The summed E-state index contributed by atoms with van der Waals surface area (Å²) in [7, 11) is -3.58. The van der Waals surface area contributed by atoms with Gasteiger partial charge >= 0.3 is 6.18 Å². The van der Waals surface area contributed by atoms with Gasteiger partial charge in [-0.2, -0.15) is 18.4 Å². The SMILES string of the molecule is CS(=O)(=O)C(C#N)=Cc1ccc(N2CCC(C(F)(F)F)CC2)cc1. The molecular weight excluding hydrogens is 341 g/mol. The molecule has 1 saturated heterocycles. The average Bonchev–Trinajstić information content (AvgIpc) is 2.51. The van der Waals surface area contributed by atoms with Crippen LogP contribution in [0.5, 0.6) is 0 Å². The number of nitriles is 1. The highest BCUT2D eigenvalue weighted by Gasteiger charge is 2.41. The van der Waals surface area contributed by atoms with Crippen molar-refractivity contribution in [3.05, 3.63) is 34.7 Å². The summed E-state index contributed by atoms with van der Waals surface area (Å²) in [5.74, 6) is -1.25. The van der Waals surface area contributed by atoms with E-state index in [1.807, 2.05) is 4.90 Å². The molecule has 0 N–H and O–H groups in total. The molecule has 1 aliphatic heterocycles. The summed E-state index contributed by atoms with van der Waals surface area (Å²) in [5.41, 5.74) is 1.33. The van der Waals surface area contributed by atoms with E-state index in [1.165, 1.54) is 6.08 Å². The van der Waals surface area contributed by atoms with E-state index in [0.717, 1.165) is 11.9 Å². The Kier molecular flexibility index (Phi) is 5.23. The van der Waals surface area contributed by atoms with Crippen LogP contribution in [-0.4, -0.2) is 33.9 Å². The number of piperidine rings is 1. The molecule has 24 heavy (non-hydrogen) atoms. The van der Waals surface area contributed by atoms with Crippen LogP contribution in [0.3, 0.4) is 0 Å². The van der Waals surface area contributed by atoms with Crippen LogP contribution in [0.2, 0.25) is 0 Å². The van der Waals surface area contributed by atoms with E-state index in [1.54, 1.807) is 30.3 Å². The molecule has 1 aliphatic rings. The highest BCUT2D eigenvalue weighted by atomic mass is 32.2. The van der Waals surface area contributed by atoms with E-state index in [0.29, 0.717) is 18.7 Å². The maximum Gasteiger partial charge on any atom is 0.391 e. The predicted octanol–water partition coefficient (Wildman–Crippen LogP) is 3.37. The van der Waals surface area contributed by atoms with Crippen LogP contribution >= 0.6 is 0 Å². The van der Waals surface area contributed by atoms with Crippen molar-refractivity contribution >= 4 is 21.6 Å². The topological polar surface area (TPSA) is 61.2 Å². The fourth-order valence-corrected chi connectivity index (χ4v) is 3.14. The van der Waals surface area contributed by atoms with E-state index in [4.69, 9.17) is 5.26 Å². The smallest absolute Gasteiger partial charge is 0.372 e. The number of hydrogen-bond donors (Lipinski definition) is 0. The van der Waals surface area contributed by atoms with Crippen molar-refractivity contribution in [1.82, 2.24) is 0 Å². The standard InChI is InChI=1S/C16H17F3N2O2S/c1-24(22,23)15(11-20)10-12-2-4-14(5-3-12)21-8-6-13(7-9-21)16(17,18)19/h2-5,10,13H,6-9H2,1H3. The number of allylic oxidation sites excluding steroid dienone is 1. The van der Waals surface area contributed by atoms with Gasteiger partial charge in [0.15, 0.2) is 9.84 Å². The van der Waals surface area contributed by atoms with Crippen LogP contribution in [0.4, 0.5) is 18.9 Å². The first-order valence-corrected chi connectivity index (χ1v) is 9.24. The van der Waals surface area contributed by atoms with E-state index in [2.05, 4.69) is 0 Å². The second kappa shape index (κ2) is 6.85. The van der Waals surface area contributed by atoms with Gasteiger partial charge in [0.25, 0.3) is 0 Å². The second-order valence-electron chi connectivity index (χ2n) is 5.79. The Morgan fingerprint density at radius 2 is 1.79 bits per heavy atom. The van der Waals surface area contributed by atoms with Gasteiger partial charge in [-0.25, -0.2) is 8.42 Å². The average molecular weight is 358 g/mol. The van der Waals surface area contributed by atoms with Gasteiger partial charge in [0.2, 0.25) is 0 Å². The third-order valence-electron chi connectivity index (χ3n) is 4.02. The van der Waals surface area contributed by atoms with Crippen molar-refractivity contribution in [3.63, 3.8) is 0 Å². The zero-order valence-electron chi connectivity index (χ0n) is 13.0. The predicted molar refractivity (Wildman–Crippen MR) is 85.9 cm³/mol. The monoisotopic (exact) mass is 358 g/mol. The lowest BCUT2D eigenvalue weighted by molar-refractivity contribution is -0.179. The molecular formula is C16H17F3N2O2S. The largest absolute Gasteiger partial charge is 0.391 e. The Morgan fingerprint density at radius 3 is 2.21 bits per heavy atom. The number of benzene rings is 1. The number of hydrogen-bond acceptors (Lipinski definition) is 4. The lowest BCUT2D eigenvalue weighted by Crippen LogP contribution is -2.38. The Balaban J connectivity index is 2.09. The lowest BCUT2D eigenvalue weighted by Gasteiger charge is -2.34. The molecule has 0 unspecified atom stereocenters. The molecule has 1 aromatic carbocycles. The van der Waals surface area contributed by atoms with Crippen molar-refractivity contribution in [2.24, 2.45) is 5.92 Å². The number of sulfone groups is 1. The van der Waals surface area contributed by atoms with E-state index in [-0.39, 0.29) is 17.7 Å². The van der Waals surface area contributed by atoms with E-state index < -0.39 is 21.9 Å². The molecule has 4 nitrogen and oxygen atoms in total. The van der Waals surface area contributed by atoms with Crippen molar-refractivity contribution < 1.29 is 21.6 Å². The molecule has 0 aromatic heterocycles. The molecule has 0 saturated carbocycles. The van der Waals surface area contributed by atoms with Crippen LogP contribution in [-0.2, 0) is 9.84 Å². The summed E-state index contributed by atoms with van der Waals surface area (Å²) < 4.78 is 60.8. The van der Waals surface area contributed by atoms with Crippen molar-refractivity contribution in [3.8, 4) is 6.07 Å². The maximum atomic E-state index is 12.7. The summed E-state index contributed by atoms with van der Waals surface area (Å²) in [5, 5.41) is 8.87. The first-order chi connectivity index (χ1) is 11.1. The van der Waals surface area contributed by atoms with Crippen molar-refractivity contribution in [2.45, 2.75) is 19.0 Å². The molecule has 8 heteroatoms. The molecule has 0 aliphatic carbocycles. The normalized spacial score (nSPS) is 17.6. The minimum Gasteiger partial charge on any atom is -0.372 e. The minimum absolute atomic E-state index is 0.0673. The summed E-state index contributed by atoms with van der Waals surface area (Å²) in [6, 6.07) is 8.38. The molecule has 0 atom stereocenters. The van der Waals surface area contributed by atoms with Gasteiger partial charge in [-0.05, 0) is 36.6 Å². The van der Waals surface area contributed by atoms with Gasteiger partial charge in [-0.3, -0.25) is 0 Å². The van der Waals surface area contributed by atoms with Crippen LogP contribution in [0.1, 0.15) is 18.4 Å². The molecule has 1 heterocycles. The quantitative estimate of drug-likeness (QED) is 0.777. The van der Waals surface area contributed by atoms with Crippen LogP contribution in [0.15, 0.2) is 29.2 Å². The molecule has 0 radical (unpaired) electrons. The summed E-state index contributed by atoms with van der Waals surface area (Å²) in [4.78, 5) is 1.54. The fourth-order valence-electron chi connectivity index (χ4n) is 2.62. The fraction of sp³-hybridized carbons (Fsp3) is 0.438. The number of anilines is 1. The minimum atomic E-state index is -4.14. The molecule has 0 bridgehead atoms. The molecule has 130 valence electrons. The van der Waals surface area contributed by atoms with Crippen molar-refractivity contribution in [1.29, 1.82) is 5.26 Å². The van der Waals surface area contributed by atoms with E-state index in [9.17, 15) is 21.6 Å². The molecule has 1 aromatic rings. The van der Waals surface area contributed by atoms with Crippen LogP contribution in [0.25, 0.3) is 6.08 Å². The molecule has 2 rings (SSSR count). The van der Waals surface area contributed by atoms with Gasteiger partial charge < -0.3 is 4.90 Å². The maximum absolute atomic E-state index is 12.7. The first kappa shape index (κ1) is 18.3.